The molecule has 126 valence electrons. The summed E-state index contributed by atoms with van der Waals surface area (Å²) in [7, 11) is 0. The molecule has 24 heavy (non-hydrogen) atoms. The second-order valence-electron chi connectivity index (χ2n) is 6.32. The maximum atomic E-state index is 12.3. The Morgan fingerprint density at radius 1 is 1.08 bits per heavy atom. The van der Waals surface area contributed by atoms with Gasteiger partial charge in [-0.15, -0.1) is 0 Å². The average molecular weight is 325 g/mol. The summed E-state index contributed by atoms with van der Waals surface area (Å²) in [5, 5.41) is 0. The normalized spacial score (nSPS) is 15.4. The van der Waals surface area contributed by atoms with E-state index >= 15 is 0 Å². The fraction of sp³-hybridized carbons (Fsp3) is 0.368. The molecule has 5 nitrogen and oxygen atoms in total. The number of amides is 2. The van der Waals surface area contributed by atoms with Gasteiger partial charge in [0.25, 0.3) is 0 Å². The van der Waals surface area contributed by atoms with E-state index in [1.807, 2.05) is 35.2 Å². The largest absolute Gasteiger partial charge is 0.369 e. The smallest absolute Gasteiger partial charge is 0.222 e. The minimum atomic E-state index is -0.248. The van der Waals surface area contributed by atoms with Crippen LogP contribution in [0.5, 0.6) is 0 Å². The topological polar surface area (TPSA) is 79.2 Å². The number of carbonyl (C=O) groups is 2. The standard InChI is InChI=1S/C19H23N3O2/c20-19(24)15-10-12-22(13-11-15)18(23)9-7-16-6-8-17(21-16)14-4-2-1-3-5-14/h1-6,8,15,21H,7,9-13H2,(H2,20,24). The molecule has 2 aromatic rings. The molecule has 3 N–H and O–H groups in total. The summed E-state index contributed by atoms with van der Waals surface area (Å²) in [6, 6.07) is 14.2. The van der Waals surface area contributed by atoms with Gasteiger partial charge in [0, 0.05) is 36.8 Å². The fourth-order valence-corrected chi connectivity index (χ4v) is 3.19. The molecule has 0 bridgehead atoms. The van der Waals surface area contributed by atoms with Crippen LogP contribution in [0.25, 0.3) is 11.3 Å². The minimum Gasteiger partial charge on any atom is -0.369 e. The van der Waals surface area contributed by atoms with Crippen molar-refractivity contribution < 1.29 is 9.59 Å². The molecule has 3 rings (SSSR count). The molecule has 0 radical (unpaired) electrons. The van der Waals surface area contributed by atoms with Gasteiger partial charge in [-0.1, -0.05) is 30.3 Å². The van der Waals surface area contributed by atoms with Crippen molar-refractivity contribution in [1.82, 2.24) is 9.88 Å². The third kappa shape index (κ3) is 3.85. The fourth-order valence-electron chi connectivity index (χ4n) is 3.19. The van der Waals surface area contributed by atoms with Crippen LogP contribution in [0.2, 0.25) is 0 Å². The van der Waals surface area contributed by atoms with Crippen molar-refractivity contribution >= 4 is 11.8 Å². The molecule has 2 heterocycles. The van der Waals surface area contributed by atoms with Crippen molar-refractivity contribution in [2.75, 3.05) is 13.1 Å². The Hall–Kier alpha value is -2.56. The Balaban J connectivity index is 1.50. The van der Waals surface area contributed by atoms with Gasteiger partial charge in [-0.2, -0.15) is 0 Å². The second-order valence-corrected chi connectivity index (χ2v) is 6.32. The molecule has 0 unspecified atom stereocenters. The lowest BCUT2D eigenvalue weighted by molar-refractivity contribution is -0.134. The number of H-pyrrole nitrogens is 1. The molecule has 0 atom stereocenters. The Kier molecular flexibility index (Phi) is 4.99. The summed E-state index contributed by atoms with van der Waals surface area (Å²) in [5.74, 6) is -0.179. The quantitative estimate of drug-likeness (QED) is 0.885. The summed E-state index contributed by atoms with van der Waals surface area (Å²) in [5.41, 5.74) is 8.60. The zero-order valence-corrected chi connectivity index (χ0v) is 13.7. The number of nitrogens with two attached hydrogens (primary N) is 1. The van der Waals surface area contributed by atoms with E-state index in [0.29, 0.717) is 38.8 Å². The third-order valence-corrected chi connectivity index (χ3v) is 4.69. The summed E-state index contributed by atoms with van der Waals surface area (Å²) >= 11 is 0. The van der Waals surface area contributed by atoms with Gasteiger partial charge in [-0.3, -0.25) is 9.59 Å². The van der Waals surface area contributed by atoms with Gasteiger partial charge in [0.15, 0.2) is 0 Å². The summed E-state index contributed by atoms with van der Waals surface area (Å²) < 4.78 is 0. The Morgan fingerprint density at radius 3 is 2.46 bits per heavy atom. The second kappa shape index (κ2) is 7.34. The van der Waals surface area contributed by atoms with Crippen LogP contribution >= 0.6 is 0 Å². The highest BCUT2D eigenvalue weighted by molar-refractivity contribution is 5.79. The van der Waals surface area contributed by atoms with E-state index in [1.54, 1.807) is 0 Å². The number of nitrogens with zero attached hydrogens (tertiary/aromatic N) is 1. The number of rotatable bonds is 5. The maximum Gasteiger partial charge on any atom is 0.222 e. The first kappa shape index (κ1) is 16.3. The summed E-state index contributed by atoms with van der Waals surface area (Å²) in [4.78, 5) is 28.7. The zero-order chi connectivity index (χ0) is 16.9. The van der Waals surface area contributed by atoms with Crippen LogP contribution in [-0.4, -0.2) is 34.8 Å². The number of likely N-dealkylation sites (tertiary alicyclic amines) is 1. The van der Waals surface area contributed by atoms with Crippen LogP contribution in [0, 0.1) is 5.92 Å². The molecule has 1 fully saturated rings. The van der Waals surface area contributed by atoms with E-state index in [9.17, 15) is 9.59 Å². The van der Waals surface area contributed by atoms with E-state index < -0.39 is 0 Å². The number of hydrogen-bond donors (Lipinski definition) is 2. The maximum absolute atomic E-state index is 12.3. The third-order valence-electron chi connectivity index (χ3n) is 4.69. The highest BCUT2D eigenvalue weighted by Gasteiger charge is 2.25. The van der Waals surface area contributed by atoms with Crippen molar-refractivity contribution in [3.8, 4) is 11.3 Å². The van der Waals surface area contributed by atoms with Crippen molar-refractivity contribution in [2.45, 2.75) is 25.7 Å². The first-order valence-corrected chi connectivity index (χ1v) is 8.44. The molecule has 1 aromatic heterocycles. The molecule has 1 aliphatic heterocycles. The van der Waals surface area contributed by atoms with Gasteiger partial charge in [0.2, 0.25) is 11.8 Å². The van der Waals surface area contributed by atoms with Gasteiger partial charge in [0.1, 0.15) is 0 Å². The molecular formula is C19H23N3O2. The van der Waals surface area contributed by atoms with E-state index in [2.05, 4.69) is 17.1 Å². The molecule has 1 saturated heterocycles. The number of aromatic amines is 1. The number of nitrogens with one attached hydrogen (secondary N) is 1. The SMILES string of the molecule is NC(=O)C1CCN(C(=O)CCc2ccc(-c3ccccc3)[nH]2)CC1. The van der Waals surface area contributed by atoms with E-state index in [1.165, 1.54) is 0 Å². The van der Waals surface area contributed by atoms with E-state index in [-0.39, 0.29) is 17.7 Å². The van der Waals surface area contributed by atoms with Crippen molar-refractivity contribution in [3.63, 3.8) is 0 Å². The molecule has 2 amide bonds. The predicted molar refractivity (Wildman–Crippen MR) is 93.0 cm³/mol. The first-order valence-electron chi connectivity index (χ1n) is 8.44. The van der Waals surface area contributed by atoms with Gasteiger partial charge < -0.3 is 15.6 Å². The zero-order valence-electron chi connectivity index (χ0n) is 13.7. The van der Waals surface area contributed by atoms with Crippen LogP contribution < -0.4 is 5.73 Å². The number of benzene rings is 1. The van der Waals surface area contributed by atoms with Crippen LogP contribution in [0.15, 0.2) is 42.5 Å². The van der Waals surface area contributed by atoms with E-state index in [4.69, 9.17) is 5.73 Å². The van der Waals surface area contributed by atoms with Crippen LogP contribution in [0.3, 0.4) is 0 Å². The number of carbonyl (C=O) groups excluding carboxylic acids is 2. The molecule has 1 aromatic carbocycles. The number of aryl methyl sites for hydroxylation is 1. The van der Waals surface area contributed by atoms with Crippen LogP contribution in [-0.2, 0) is 16.0 Å². The molecule has 5 heteroatoms. The number of aromatic nitrogens is 1. The van der Waals surface area contributed by atoms with Crippen LogP contribution in [0.1, 0.15) is 25.0 Å². The molecule has 1 aliphatic rings. The molecule has 0 spiro atoms. The van der Waals surface area contributed by atoms with Crippen molar-refractivity contribution in [3.05, 3.63) is 48.2 Å². The molecule has 0 saturated carbocycles. The predicted octanol–water partition coefficient (Wildman–Crippen LogP) is 2.34. The Labute approximate surface area is 141 Å². The Morgan fingerprint density at radius 2 is 1.79 bits per heavy atom. The highest BCUT2D eigenvalue weighted by atomic mass is 16.2. The number of hydrogen-bond acceptors (Lipinski definition) is 2. The number of primary amides is 1. The van der Waals surface area contributed by atoms with Crippen LogP contribution in [0.4, 0.5) is 0 Å². The summed E-state index contributed by atoms with van der Waals surface area (Å²) in [6.45, 7) is 1.26. The van der Waals surface area contributed by atoms with Gasteiger partial charge >= 0.3 is 0 Å². The average Bonchev–Trinajstić information content (AvgIpc) is 3.09. The van der Waals surface area contributed by atoms with Gasteiger partial charge in [0.05, 0.1) is 0 Å². The highest BCUT2D eigenvalue weighted by Crippen LogP contribution is 2.20. The van der Waals surface area contributed by atoms with Gasteiger partial charge in [-0.05, 0) is 37.0 Å². The first-order chi connectivity index (χ1) is 11.6. The monoisotopic (exact) mass is 325 g/mol. The number of piperidine rings is 1. The molecule has 0 aliphatic carbocycles. The van der Waals surface area contributed by atoms with E-state index in [0.717, 1.165) is 17.0 Å². The summed E-state index contributed by atoms with van der Waals surface area (Å²) in [6.07, 6.45) is 2.54. The molecular weight excluding hydrogens is 302 g/mol. The lowest BCUT2D eigenvalue weighted by Crippen LogP contribution is -2.41. The van der Waals surface area contributed by atoms with Crippen molar-refractivity contribution in [2.24, 2.45) is 11.7 Å². The van der Waals surface area contributed by atoms with Crippen molar-refractivity contribution in [1.29, 1.82) is 0 Å². The lowest BCUT2D eigenvalue weighted by Gasteiger charge is -2.30. The Bertz CT molecular complexity index is 700. The van der Waals surface area contributed by atoms with Gasteiger partial charge in [-0.25, -0.2) is 0 Å². The minimum absolute atomic E-state index is 0.0779. The lowest BCUT2D eigenvalue weighted by atomic mass is 9.96.